The van der Waals surface area contributed by atoms with Crippen molar-refractivity contribution in [3.8, 4) is 0 Å². The van der Waals surface area contributed by atoms with Gasteiger partial charge in [0.2, 0.25) is 0 Å². The predicted molar refractivity (Wildman–Crippen MR) is 54.1 cm³/mol. The summed E-state index contributed by atoms with van der Waals surface area (Å²) in [4.78, 5) is 2.22. The van der Waals surface area contributed by atoms with E-state index in [1.54, 1.807) is 0 Å². The maximum atomic E-state index is 9.25. The Bertz CT molecular complexity index is 321. The van der Waals surface area contributed by atoms with Gasteiger partial charge in [-0.1, -0.05) is 6.92 Å². The Labute approximate surface area is 84.1 Å². The van der Waals surface area contributed by atoms with Crippen LogP contribution in [0.5, 0.6) is 0 Å². The highest BCUT2D eigenvalue weighted by Crippen LogP contribution is 2.20. The van der Waals surface area contributed by atoms with Crippen LogP contribution >= 0.6 is 0 Å². The zero-order valence-electron chi connectivity index (χ0n) is 8.77. The average molecular weight is 195 g/mol. The van der Waals surface area contributed by atoms with Crippen molar-refractivity contribution < 1.29 is 5.11 Å². The fraction of sp³-hybridized carbons (Fsp3) is 0.700. The Kier molecular flexibility index (Phi) is 2.56. The lowest BCUT2D eigenvalue weighted by Crippen LogP contribution is -2.36. The lowest BCUT2D eigenvalue weighted by Gasteiger charge is -2.29. The fourth-order valence-corrected chi connectivity index (χ4v) is 2.01. The van der Waals surface area contributed by atoms with Gasteiger partial charge in [0.1, 0.15) is 0 Å². The molecule has 0 radical (unpaired) electrons. The van der Waals surface area contributed by atoms with Gasteiger partial charge in [0, 0.05) is 13.1 Å². The van der Waals surface area contributed by atoms with Crippen LogP contribution in [0.15, 0.2) is 6.07 Å². The molecule has 0 saturated heterocycles. The third kappa shape index (κ3) is 1.55. The van der Waals surface area contributed by atoms with Crippen LogP contribution in [0, 0.1) is 0 Å². The maximum Gasteiger partial charge on any atom is 0.0880 e. The summed E-state index contributed by atoms with van der Waals surface area (Å²) in [5.41, 5.74) is 2.34. The van der Waals surface area contributed by atoms with Crippen molar-refractivity contribution in [2.24, 2.45) is 0 Å². The number of aromatic nitrogens is 2. The number of hydrogen-bond acceptors (Lipinski definition) is 3. The van der Waals surface area contributed by atoms with Gasteiger partial charge >= 0.3 is 0 Å². The summed E-state index contributed by atoms with van der Waals surface area (Å²) in [6.45, 7) is 4.09. The van der Waals surface area contributed by atoms with E-state index >= 15 is 0 Å². The van der Waals surface area contributed by atoms with Gasteiger partial charge in [-0.15, -0.1) is 0 Å². The van der Waals surface area contributed by atoms with E-state index in [1.807, 2.05) is 4.68 Å². The maximum absolute atomic E-state index is 9.25. The molecule has 0 spiro atoms. The van der Waals surface area contributed by atoms with Crippen molar-refractivity contribution in [2.75, 3.05) is 20.2 Å². The van der Waals surface area contributed by atoms with Crippen LogP contribution in [-0.2, 0) is 13.0 Å². The Balaban J connectivity index is 2.33. The van der Waals surface area contributed by atoms with E-state index in [2.05, 4.69) is 30.0 Å². The van der Waals surface area contributed by atoms with E-state index in [0.717, 1.165) is 25.2 Å². The molecule has 0 saturated carbocycles. The second-order valence-electron chi connectivity index (χ2n) is 3.96. The van der Waals surface area contributed by atoms with E-state index in [4.69, 9.17) is 0 Å². The lowest BCUT2D eigenvalue weighted by molar-refractivity contribution is 0.141. The van der Waals surface area contributed by atoms with Crippen LogP contribution in [0.1, 0.15) is 24.4 Å². The third-order valence-electron chi connectivity index (χ3n) is 2.74. The zero-order valence-corrected chi connectivity index (χ0v) is 8.77. The smallest absolute Gasteiger partial charge is 0.0880 e. The molecule has 1 aliphatic heterocycles. The molecule has 0 aliphatic carbocycles. The molecule has 1 aromatic heterocycles. The van der Waals surface area contributed by atoms with Crippen LogP contribution < -0.4 is 0 Å². The monoisotopic (exact) mass is 195 g/mol. The Morgan fingerprint density at radius 2 is 2.43 bits per heavy atom. The number of fused-ring (bicyclic) bond motifs is 1. The van der Waals surface area contributed by atoms with Crippen molar-refractivity contribution in [3.05, 3.63) is 17.5 Å². The van der Waals surface area contributed by atoms with Crippen LogP contribution in [0.2, 0.25) is 0 Å². The predicted octanol–water partition coefficient (Wildman–Crippen LogP) is 0.424. The number of aliphatic hydroxyl groups excluding tert-OH is 1. The van der Waals surface area contributed by atoms with Gasteiger partial charge in [0.25, 0.3) is 0 Å². The number of aryl methyl sites for hydroxylation is 1. The molecule has 4 heteroatoms. The van der Waals surface area contributed by atoms with Crippen molar-refractivity contribution in [1.82, 2.24) is 14.7 Å². The minimum absolute atomic E-state index is 0.129. The molecule has 1 aromatic rings. The van der Waals surface area contributed by atoms with Crippen LogP contribution in [0.25, 0.3) is 0 Å². The topological polar surface area (TPSA) is 41.3 Å². The summed E-state index contributed by atoms with van der Waals surface area (Å²) in [6.07, 6.45) is 0.960. The first kappa shape index (κ1) is 9.68. The van der Waals surface area contributed by atoms with Gasteiger partial charge in [-0.3, -0.25) is 9.58 Å². The molecule has 14 heavy (non-hydrogen) atoms. The Morgan fingerprint density at radius 1 is 1.64 bits per heavy atom. The SMILES string of the molecule is CCc1cc2n(n1)C(CO)CN(C)C2. The third-order valence-corrected chi connectivity index (χ3v) is 2.74. The van der Waals surface area contributed by atoms with Gasteiger partial charge in [-0.05, 0) is 19.5 Å². The number of nitrogens with zero attached hydrogens (tertiary/aromatic N) is 3. The van der Waals surface area contributed by atoms with Crippen molar-refractivity contribution in [2.45, 2.75) is 25.9 Å². The molecule has 1 unspecified atom stereocenters. The minimum atomic E-state index is 0.129. The summed E-state index contributed by atoms with van der Waals surface area (Å²) in [5.74, 6) is 0. The van der Waals surface area contributed by atoms with Gasteiger partial charge in [0.15, 0.2) is 0 Å². The van der Waals surface area contributed by atoms with Crippen molar-refractivity contribution in [3.63, 3.8) is 0 Å². The molecule has 2 rings (SSSR count). The summed E-state index contributed by atoms with van der Waals surface area (Å²) in [5, 5.41) is 13.7. The summed E-state index contributed by atoms with van der Waals surface area (Å²) in [6, 6.07) is 2.27. The number of aliphatic hydroxyl groups is 1. The van der Waals surface area contributed by atoms with Gasteiger partial charge < -0.3 is 5.11 Å². The van der Waals surface area contributed by atoms with E-state index in [1.165, 1.54) is 5.69 Å². The quantitative estimate of drug-likeness (QED) is 0.743. The highest BCUT2D eigenvalue weighted by Gasteiger charge is 2.23. The zero-order chi connectivity index (χ0) is 10.1. The second kappa shape index (κ2) is 3.71. The summed E-state index contributed by atoms with van der Waals surface area (Å²) >= 11 is 0. The molecule has 0 aromatic carbocycles. The van der Waals surface area contributed by atoms with E-state index in [0.29, 0.717) is 0 Å². The minimum Gasteiger partial charge on any atom is -0.394 e. The lowest BCUT2D eigenvalue weighted by atomic mass is 10.2. The number of likely N-dealkylation sites (N-methyl/N-ethyl adjacent to an activating group) is 1. The standard InChI is InChI=1S/C10H17N3O/c1-3-8-4-9-5-12(2)6-10(7-14)13(9)11-8/h4,10,14H,3,5-7H2,1-2H3. The van der Waals surface area contributed by atoms with Crippen LogP contribution in [0.4, 0.5) is 0 Å². The second-order valence-corrected chi connectivity index (χ2v) is 3.96. The molecule has 1 N–H and O–H groups in total. The van der Waals surface area contributed by atoms with Gasteiger partial charge in [-0.25, -0.2) is 0 Å². The molecule has 78 valence electrons. The molecule has 2 heterocycles. The van der Waals surface area contributed by atoms with Gasteiger partial charge in [0.05, 0.1) is 24.0 Å². The van der Waals surface area contributed by atoms with E-state index in [-0.39, 0.29) is 12.6 Å². The molecular weight excluding hydrogens is 178 g/mol. The first-order valence-corrected chi connectivity index (χ1v) is 5.11. The largest absolute Gasteiger partial charge is 0.394 e. The highest BCUT2D eigenvalue weighted by molar-refractivity contribution is 5.13. The molecule has 4 nitrogen and oxygen atoms in total. The highest BCUT2D eigenvalue weighted by atomic mass is 16.3. The number of rotatable bonds is 2. The van der Waals surface area contributed by atoms with Crippen LogP contribution in [-0.4, -0.2) is 40.0 Å². The van der Waals surface area contributed by atoms with Crippen LogP contribution in [0.3, 0.4) is 0 Å². The molecule has 0 fully saturated rings. The molecule has 0 amide bonds. The number of hydrogen-bond donors (Lipinski definition) is 1. The van der Waals surface area contributed by atoms with Crippen molar-refractivity contribution in [1.29, 1.82) is 0 Å². The molecule has 0 bridgehead atoms. The fourth-order valence-electron chi connectivity index (χ4n) is 2.01. The molecule has 1 aliphatic rings. The van der Waals surface area contributed by atoms with E-state index < -0.39 is 0 Å². The van der Waals surface area contributed by atoms with Crippen molar-refractivity contribution >= 4 is 0 Å². The van der Waals surface area contributed by atoms with Gasteiger partial charge in [-0.2, -0.15) is 5.10 Å². The average Bonchev–Trinajstić information content (AvgIpc) is 2.59. The summed E-state index contributed by atoms with van der Waals surface area (Å²) in [7, 11) is 2.07. The normalized spacial score (nSPS) is 22.4. The van der Waals surface area contributed by atoms with E-state index in [9.17, 15) is 5.11 Å². The first-order valence-electron chi connectivity index (χ1n) is 5.11. The first-order chi connectivity index (χ1) is 6.74. The Hall–Kier alpha value is -0.870. The Morgan fingerprint density at radius 3 is 3.07 bits per heavy atom. The summed E-state index contributed by atoms with van der Waals surface area (Å²) < 4.78 is 1.98. The molecular formula is C10H17N3O. The molecule has 1 atom stereocenters.